The first kappa shape index (κ1) is 15.0. The summed E-state index contributed by atoms with van der Waals surface area (Å²) in [5.41, 5.74) is 7.33. The molecule has 0 amide bonds. The van der Waals surface area contributed by atoms with Gasteiger partial charge in [-0.15, -0.1) is 0 Å². The predicted octanol–water partition coefficient (Wildman–Crippen LogP) is 4.67. The standard InChI is InChI=1S/C16H23BrFN/c1-2-11-6-8-12(9-7-11)15(19)10-13-4-3-5-14(18)16(13)17/h3-5,11-12,15H,2,6-10,19H2,1H3. The van der Waals surface area contributed by atoms with Gasteiger partial charge in [-0.2, -0.15) is 0 Å². The summed E-state index contributed by atoms with van der Waals surface area (Å²) in [5.74, 6) is 1.29. The lowest BCUT2D eigenvalue weighted by atomic mass is 9.76. The van der Waals surface area contributed by atoms with E-state index in [1.807, 2.05) is 6.07 Å². The first-order valence-corrected chi connectivity index (χ1v) is 8.09. The molecule has 106 valence electrons. The molecule has 0 saturated heterocycles. The Kier molecular flexibility index (Phi) is 5.40. The van der Waals surface area contributed by atoms with E-state index in [9.17, 15) is 4.39 Å². The van der Waals surface area contributed by atoms with Crippen molar-refractivity contribution in [2.45, 2.75) is 51.5 Å². The Morgan fingerprint density at radius 3 is 2.63 bits per heavy atom. The van der Waals surface area contributed by atoms with E-state index in [2.05, 4.69) is 22.9 Å². The van der Waals surface area contributed by atoms with Gasteiger partial charge in [-0.05, 0) is 58.7 Å². The Labute approximate surface area is 123 Å². The smallest absolute Gasteiger partial charge is 0.137 e. The molecule has 1 aromatic carbocycles. The van der Waals surface area contributed by atoms with Crippen molar-refractivity contribution in [2.75, 3.05) is 0 Å². The van der Waals surface area contributed by atoms with Crippen molar-refractivity contribution in [3.05, 3.63) is 34.1 Å². The molecule has 19 heavy (non-hydrogen) atoms. The number of rotatable bonds is 4. The maximum atomic E-state index is 13.5. The van der Waals surface area contributed by atoms with Crippen LogP contribution in [-0.2, 0) is 6.42 Å². The van der Waals surface area contributed by atoms with Crippen LogP contribution >= 0.6 is 15.9 Å². The average molecular weight is 328 g/mol. The lowest BCUT2D eigenvalue weighted by Crippen LogP contribution is -2.35. The first-order valence-electron chi connectivity index (χ1n) is 7.30. The van der Waals surface area contributed by atoms with Crippen LogP contribution in [0.15, 0.2) is 22.7 Å². The molecule has 1 aliphatic rings. The number of hydrogen-bond acceptors (Lipinski definition) is 1. The quantitative estimate of drug-likeness (QED) is 0.854. The summed E-state index contributed by atoms with van der Waals surface area (Å²) in [6.45, 7) is 2.27. The lowest BCUT2D eigenvalue weighted by Gasteiger charge is -2.32. The van der Waals surface area contributed by atoms with Crippen LogP contribution in [0.4, 0.5) is 4.39 Å². The molecule has 0 aromatic heterocycles. The molecule has 0 heterocycles. The van der Waals surface area contributed by atoms with E-state index in [4.69, 9.17) is 5.73 Å². The van der Waals surface area contributed by atoms with Crippen molar-refractivity contribution in [1.82, 2.24) is 0 Å². The van der Waals surface area contributed by atoms with Crippen LogP contribution in [0.25, 0.3) is 0 Å². The summed E-state index contributed by atoms with van der Waals surface area (Å²) in [4.78, 5) is 0. The molecule has 1 fully saturated rings. The number of hydrogen-bond donors (Lipinski definition) is 1. The predicted molar refractivity (Wildman–Crippen MR) is 81.5 cm³/mol. The third-order valence-corrected chi connectivity index (χ3v) is 5.45. The van der Waals surface area contributed by atoms with Crippen molar-refractivity contribution in [2.24, 2.45) is 17.6 Å². The van der Waals surface area contributed by atoms with Gasteiger partial charge in [0, 0.05) is 6.04 Å². The van der Waals surface area contributed by atoms with E-state index in [-0.39, 0.29) is 11.9 Å². The minimum Gasteiger partial charge on any atom is -0.327 e. The highest BCUT2D eigenvalue weighted by molar-refractivity contribution is 9.10. The molecule has 0 spiro atoms. The van der Waals surface area contributed by atoms with Crippen LogP contribution in [0.3, 0.4) is 0 Å². The molecule has 1 atom stereocenters. The maximum absolute atomic E-state index is 13.5. The SMILES string of the molecule is CCC1CCC(C(N)Cc2cccc(F)c2Br)CC1. The summed E-state index contributed by atoms with van der Waals surface area (Å²) in [5, 5.41) is 0. The monoisotopic (exact) mass is 327 g/mol. The van der Waals surface area contributed by atoms with E-state index in [1.54, 1.807) is 6.07 Å². The van der Waals surface area contributed by atoms with E-state index >= 15 is 0 Å². The fourth-order valence-corrected chi connectivity index (χ4v) is 3.58. The summed E-state index contributed by atoms with van der Waals surface area (Å²) >= 11 is 3.32. The van der Waals surface area contributed by atoms with Crippen molar-refractivity contribution in [3.63, 3.8) is 0 Å². The number of halogens is 2. The highest BCUT2D eigenvalue weighted by Crippen LogP contribution is 2.33. The molecule has 1 saturated carbocycles. The molecule has 1 aromatic rings. The molecule has 1 unspecified atom stereocenters. The van der Waals surface area contributed by atoms with Gasteiger partial charge in [0.25, 0.3) is 0 Å². The Morgan fingerprint density at radius 2 is 2.00 bits per heavy atom. The molecular formula is C16H23BrFN. The van der Waals surface area contributed by atoms with Crippen LogP contribution in [0.1, 0.15) is 44.6 Å². The molecule has 1 nitrogen and oxygen atoms in total. The fraction of sp³-hybridized carbons (Fsp3) is 0.625. The number of benzene rings is 1. The molecule has 0 bridgehead atoms. The second kappa shape index (κ2) is 6.85. The Bertz CT molecular complexity index is 413. The minimum atomic E-state index is -0.195. The first-order chi connectivity index (χ1) is 9.11. The van der Waals surface area contributed by atoms with Crippen molar-refractivity contribution in [3.8, 4) is 0 Å². The third-order valence-electron chi connectivity index (χ3n) is 4.56. The molecule has 3 heteroatoms. The van der Waals surface area contributed by atoms with Gasteiger partial charge < -0.3 is 5.73 Å². The highest BCUT2D eigenvalue weighted by Gasteiger charge is 2.25. The van der Waals surface area contributed by atoms with Gasteiger partial charge in [0.05, 0.1) is 4.47 Å². The van der Waals surface area contributed by atoms with Crippen LogP contribution in [0, 0.1) is 17.7 Å². The molecule has 2 N–H and O–H groups in total. The Morgan fingerprint density at radius 1 is 1.32 bits per heavy atom. The highest BCUT2D eigenvalue weighted by atomic mass is 79.9. The van der Waals surface area contributed by atoms with Crippen molar-refractivity contribution in [1.29, 1.82) is 0 Å². The fourth-order valence-electron chi connectivity index (χ4n) is 3.15. The molecule has 0 aliphatic heterocycles. The van der Waals surface area contributed by atoms with Gasteiger partial charge >= 0.3 is 0 Å². The normalized spacial score (nSPS) is 25.3. The molecular weight excluding hydrogens is 305 g/mol. The Balaban J connectivity index is 1.94. The molecule has 0 radical (unpaired) electrons. The zero-order valence-electron chi connectivity index (χ0n) is 11.5. The van der Waals surface area contributed by atoms with Gasteiger partial charge in [-0.1, -0.05) is 38.3 Å². The average Bonchev–Trinajstić information content (AvgIpc) is 2.44. The molecule has 2 rings (SSSR count). The second-order valence-electron chi connectivity index (χ2n) is 5.77. The van der Waals surface area contributed by atoms with Gasteiger partial charge in [0.15, 0.2) is 0 Å². The second-order valence-corrected chi connectivity index (χ2v) is 6.56. The van der Waals surface area contributed by atoms with E-state index < -0.39 is 0 Å². The van der Waals surface area contributed by atoms with Crippen LogP contribution < -0.4 is 5.73 Å². The van der Waals surface area contributed by atoms with Crippen molar-refractivity contribution >= 4 is 15.9 Å². The topological polar surface area (TPSA) is 26.0 Å². The van der Waals surface area contributed by atoms with Crippen LogP contribution in [-0.4, -0.2) is 6.04 Å². The third kappa shape index (κ3) is 3.79. The van der Waals surface area contributed by atoms with E-state index in [1.165, 1.54) is 38.2 Å². The van der Waals surface area contributed by atoms with Crippen LogP contribution in [0.2, 0.25) is 0 Å². The zero-order chi connectivity index (χ0) is 13.8. The van der Waals surface area contributed by atoms with Gasteiger partial charge in [0.1, 0.15) is 5.82 Å². The Hall–Kier alpha value is -0.410. The molecule has 1 aliphatic carbocycles. The van der Waals surface area contributed by atoms with E-state index in [0.717, 1.165) is 17.9 Å². The summed E-state index contributed by atoms with van der Waals surface area (Å²) in [6.07, 6.45) is 7.12. The maximum Gasteiger partial charge on any atom is 0.137 e. The van der Waals surface area contributed by atoms with Gasteiger partial charge in [0.2, 0.25) is 0 Å². The lowest BCUT2D eigenvalue weighted by molar-refractivity contribution is 0.237. The van der Waals surface area contributed by atoms with Crippen LogP contribution in [0.5, 0.6) is 0 Å². The minimum absolute atomic E-state index is 0.149. The largest absolute Gasteiger partial charge is 0.327 e. The summed E-state index contributed by atoms with van der Waals surface area (Å²) in [6, 6.07) is 5.35. The van der Waals surface area contributed by atoms with Gasteiger partial charge in [-0.3, -0.25) is 0 Å². The summed E-state index contributed by atoms with van der Waals surface area (Å²) < 4.78 is 14.1. The van der Waals surface area contributed by atoms with E-state index in [0.29, 0.717) is 10.4 Å². The van der Waals surface area contributed by atoms with Gasteiger partial charge in [-0.25, -0.2) is 4.39 Å². The summed E-state index contributed by atoms with van der Waals surface area (Å²) in [7, 11) is 0. The zero-order valence-corrected chi connectivity index (χ0v) is 13.1. The van der Waals surface area contributed by atoms with Crippen molar-refractivity contribution < 1.29 is 4.39 Å². The number of nitrogens with two attached hydrogens (primary N) is 1.